The number of benzene rings is 2. The van der Waals surface area contributed by atoms with Crippen LogP contribution in [-0.4, -0.2) is 25.1 Å². The van der Waals surface area contributed by atoms with Crippen LogP contribution in [-0.2, 0) is 6.54 Å². The molecule has 6 heteroatoms. The van der Waals surface area contributed by atoms with Gasteiger partial charge in [0.2, 0.25) is 0 Å². The van der Waals surface area contributed by atoms with Crippen molar-refractivity contribution in [3.63, 3.8) is 0 Å². The minimum Gasteiger partial charge on any atom is -0.493 e. The molecule has 2 aromatic carbocycles. The molecule has 0 radical (unpaired) electrons. The van der Waals surface area contributed by atoms with Crippen molar-refractivity contribution in [3.8, 4) is 11.5 Å². The van der Waals surface area contributed by atoms with Gasteiger partial charge in [-0.1, -0.05) is 24.3 Å². The van der Waals surface area contributed by atoms with Crippen LogP contribution < -0.4 is 20.1 Å². The molecule has 3 aromatic rings. The van der Waals surface area contributed by atoms with Crippen molar-refractivity contribution in [1.82, 2.24) is 4.98 Å². The third-order valence-corrected chi connectivity index (χ3v) is 4.66. The normalized spacial score (nSPS) is 10.3. The van der Waals surface area contributed by atoms with Gasteiger partial charge in [0.15, 0.2) is 11.5 Å². The Morgan fingerprint density at radius 3 is 2.38 bits per heavy atom. The van der Waals surface area contributed by atoms with Crippen molar-refractivity contribution < 1.29 is 14.3 Å². The summed E-state index contributed by atoms with van der Waals surface area (Å²) in [6.45, 7) is 4.51. The van der Waals surface area contributed by atoms with Gasteiger partial charge in [-0.2, -0.15) is 0 Å². The first-order chi connectivity index (χ1) is 14.0. The molecule has 1 heterocycles. The predicted octanol–water partition coefficient (Wildman–Crippen LogP) is 4.58. The van der Waals surface area contributed by atoms with Crippen molar-refractivity contribution in [1.29, 1.82) is 0 Å². The van der Waals surface area contributed by atoms with E-state index in [1.807, 2.05) is 56.3 Å². The van der Waals surface area contributed by atoms with Gasteiger partial charge in [-0.05, 0) is 54.8 Å². The Morgan fingerprint density at radius 2 is 1.69 bits per heavy atom. The Labute approximate surface area is 170 Å². The number of hydrogen-bond acceptors (Lipinski definition) is 5. The maximum Gasteiger partial charge on any atom is 0.274 e. The predicted molar refractivity (Wildman–Crippen MR) is 115 cm³/mol. The minimum absolute atomic E-state index is 0.239. The highest BCUT2D eigenvalue weighted by atomic mass is 16.5. The third-order valence-electron chi connectivity index (χ3n) is 4.66. The topological polar surface area (TPSA) is 72.5 Å². The highest BCUT2D eigenvalue weighted by Gasteiger charge is 2.12. The van der Waals surface area contributed by atoms with E-state index < -0.39 is 0 Å². The Morgan fingerprint density at radius 1 is 0.966 bits per heavy atom. The molecule has 1 aromatic heterocycles. The highest BCUT2D eigenvalue weighted by Crippen LogP contribution is 2.28. The average Bonchev–Trinajstić information content (AvgIpc) is 2.74. The molecule has 0 aliphatic carbocycles. The third kappa shape index (κ3) is 4.85. The number of rotatable bonds is 7. The van der Waals surface area contributed by atoms with E-state index in [1.54, 1.807) is 26.5 Å². The monoisotopic (exact) mass is 391 g/mol. The van der Waals surface area contributed by atoms with E-state index >= 15 is 0 Å². The fourth-order valence-corrected chi connectivity index (χ4v) is 3.05. The summed E-state index contributed by atoms with van der Waals surface area (Å²) in [5, 5.41) is 6.28. The van der Waals surface area contributed by atoms with Gasteiger partial charge in [-0.25, -0.2) is 0 Å². The molecular formula is C23H25N3O3. The number of methoxy groups -OCH3 is 2. The van der Waals surface area contributed by atoms with Crippen molar-refractivity contribution in [3.05, 3.63) is 77.1 Å². The number of ether oxygens (including phenoxy) is 2. The summed E-state index contributed by atoms with van der Waals surface area (Å²) >= 11 is 0. The van der Waals surface area contributed by atoms with E-state index in [0.29, 0.717) is 23.7 Å². The van der Waals surface area contributed by atoms with Gasteiger partial charge in [0.1, 0.15) is 5.69 Å². The Kier molecular flexibility index (Phi) is 6.34. The summed E-state index contributed by atoms with van der Waals surface area (Å²) in [4.78, 5) is 16.9. The molecule has 3 rings (SSSR count). The number of hydrogen-bond donors (Lipinski definition) is 2. The van der Waals surface area contributed by atoms with Crippen LogP contribution in [0.5, 0.6) is 11.5 Å². The molecule has 0 fully saturated rings. The number of carbonyl (C=O) groups is 1. The van der Waals surface area contributed by atoms with Crippen LogP contribution in [0.15, 0.2) is 54.7 Å². The number of amides is 1. The molecule has 0 unspecified atom stereocenters. The summed E-state index contributed by atoms with van der Waals surface area (Å²) in [6.07, 6.45) is 1.62. The van der Waals surface area contributed by atoms with Crippen LogP contribution in [0.25, 0.3) is 0 Å². The lowest BCUT2D eigenvalue weighted by atomic mass is 10.1. The summed E-state index contributed by atoms with van der Waals surface area (Å²) in [5.74, 6) is 1.12. The van der Waals surface area contributed by atoms with Crippen LogP contribution >= 0.6 is 0 Å². The Balaban J connectivity index is 1.70. The first-order valence-corrected chi connectivity index (χ1v) is 9.30. The molecule has 0 spiro atoms. The van der Waals surface area contributed by atoms with Crippen molar-refractivity contribution >= 4 is 17.3 Å². The second kappa shape index (κ2) is 9.10. The number of pyridine rings is 1. The molecule has 1 amide bonds. The molecular weight excluding hydrogens is 366 g/mol. The van der Waals surface area contributed by atoms with Crippen LogP contribution in [0.1, 0.15) is 27.2 Å². The first-order valence-electron chi connectivity index (χ1n) is 9.30. The van der Waals surface area contributed by atoms with E-state index in [2.05, 4.69) is 15.6 Å². The fourth-order valence-electron chi connectivity index (χ4n) is 3.05. The summed E-state index contributed by atoms with van der Waals surface area (Å²) < 4.78 is 10.6. The van der Waals surface area contributed by atoms with Gasteiger partial charge in [0.05, 0.1) is 14.2 Å². The molecule has 0 bridgehead atoms. The smallest absolute Gasteiger partial charge is 0.274 e. The molecule has 0 aliphatic rings. The fraction of sp³-hybridized carbons (Fsp3) is 0.217. The average molecular weight is 391 g/mol. The quantitative estimate of drug-likeness (QED) is 0.617. The van der Waals surface area contributed by atoms with Crippen LogP contribution in [0.3, 0.4) is 0 Å². The van der Waals surface area contributed by atoms with Gasteiger partial charge in [0, 0.05) is 24.1 Å². The number of nitrogens with one attached hydrogen (secondary N) is 2. The molecule has 6 nitrogen and oxygen atoms in total. The lowest BCUT2D eigenvalue weighted by molar-refractivity contribution is 0.102. The number of aryl methyl sites for hydroxylation is 2. The van der Waals surface area contributed by atoms with E-state index in [9.17, 15) is 4.79 Å². The number of anilines is 2. The second-order valence-electron chi connectivity index (χ2n) is 6.69. The number of para-hydroxylation sites is 1. The maximum atomic E-state index is 12.7. The van der Waals surface area contributed by atoms with Crippen molar-refractivity contribution in [2.24, 2.45) is 0 Å². The molecule has 0 aliphatic heterocycles. The van der Waals surface area contributed by atoms with E-state index in [1.165, 1.54) is 0 Å². The van der Waals surface area contributed by atoms with Gasteiger partial charge in [0.25, 0.3) is 5.91 Å². The molecule has 0 atom stereocenters. The Bertz CT molecular complexity index is 998. The number of carbonyl (C=O) groups excluding carboxylic acids is 1. The van der Waals surface area contributed by atoms with Crippen LogP contribution in [0.4, 0.5) is 11.4 Å². The second-order valence-corrected chi connectivity index (χ2v) is 6.69. The molecule has 0 saturated heterocycles. The summed E-state index contributed by atoms with van der Waals surface area (Å²) in [6, 6.07) is 15.2. The van der Waals surface area contributed by atoms with E-state index in [0.717, 1.165) is 28.1 Å². The molecule has 2 N–H and O–H groups in total. The van der Waals surface area contributed by atoms with E-state index in [4.69, 9.17) is 9.47 Å². The Hall–Kier alpha value is -3.54. The highest BCUT2D eigenvalue weighted by molar-refractivity contribution is 6.04. The summed E-state index contributed by atoms with van der Waals surface area (Å²) in [7, 11) is 3.22. The maximum absolute atomic E-state index is 12.7. The number of nitrogens with zero attached hydrogens (tertiary/aromatic N) is 1. The molecule has 0 saturated carbocycles. The number of aromatic nitrogens is 1. The van der Waals surface area contributed by atoms with Gasteiger partial charge in [-0.15, -0.1) is 0 Å². The first kappa shape index (κ1) is 20.2. The lowest BCUT2D eigenvalue weighted by Crippen LogP contribution is -2.15. The zero-order chi connectivity index (χ0) is 20.8. The molecule has 29 heavy (non-hydrogen) atoms. The van der Waals surface area contributed by atoms with Gasteiger partial charge < -0.3 is 20.1 Å². The SMILES string of the molecule is COc1ccc(CNc2ccnc(C(=O)Nc3c(C)cccc3C)c2)cc1OC. The van der Waals surface area contributed by atoms with Gasteiger partial charge >= 0.3 is 0 Å². The lowest BCUT2D eigenvalue weighted by Gasteiger charge is -2.13. The van der Waals surface area contributed by atoms with Gasteiger partial charge in [-0.3, -0.25) is 9.78 Å². The van der Waals surface area contributed by atoms with E-state index in [-0.39, 0.29) is 5.91 Å². The zero-order valence-corrected chi connectivity index (χ0v) is 17.1. The molecule has 150 valence electrons. The van der Waals surface area contributed by atoms with Crippen molar-refractivity contribution in [2.75, 3.05) is 24.9 Å². The standard InChI is InChI=1S/C23H25N3O3/c1-15-6-5-7-16(2)22(15)26-23(27)19-13-18(10-11-24-19)25-14-17-8-9-20(28-3)21(12-17)29-4/h5-13H,14H2,1-4H3,(H,24,25)(H,26,27). The van der Waals surface area contributed by atoms with Crippen LogP contribution in [0.2, 0.25) is 0 Å². The van der Waals surface area contributed by atoms with Crippen molar-refractivity contribution in [2.45, 2.75) is 20.4 Å². The summed E-state index contributed by atoms with van der Waals surface area (Å²) in [5.41, 5.74) is 5.04. The van der Waals surface area contributed by atoms with Crippen LogP contribution in [0, 0.1) is 13.8 Å². The minimum atomic E-state index is -0.239. The largest absolute Gasteiger partial charge is 0.493 e. The zero-order valence-electron chi connectivity index (χ0n) is 17.1.